The van der Waals surface area contributed by atoms with Crippen LogP contribution >= 0.6 is 0 Å². The second-order valence-corrected chi connectivity index (χ2v) is 11.5. The Bertz CT molecular complexity index is 1070. The Hall–Kier alpha value is -2.65. The lowest BCUT2D eigenvalue weighted by molar-refractivity contribution is -0.162. The Balaban J connectivity index is 1.76. The second-order valence-electron chi connectivity index (χ2n) is 11.5. The first kappa shape index (κ1) is 29.3. The molecule has 1 spiro atoms. The molecule has 1 aromatic rings. The highest BCUT2D eigenvalue weighted by atomic mass is 16.6. The number of hydrogen-bond acceptors (Lipinski definition) is 7. The third-order valence-electron chi connectivity index (χ3n) is 9.65. The van der Waals surface area contributed by atoms with Gasteiger partial charge in [-0.05, 0) is 70.2 Å². The third kappa shape index (κ3) is 4.51. The van der Waals surface area contributed by atoms with Crippen LogP contribution in [0.15, 0.2) is 24.3 Å². The zero-order valence-corrected chi connectivity index (χ0v) is 24.4. The van der Waals surface area contributed by atoms with Crippen molar-refractivity contribution in [2.75, 3.05) is 36.5 Å². The summed E-state index contributed by atoms with van der Waals surface area (Å²) in [5, 5.41) is 13.5. The summed E-state index contributed by atoms with van der Waals surface area (Å²) in [4.78, 5) is 45.5. The van der Waals surface area contributed by atoms with Crippen LogP contribution in [-0.2, 0) is 23.9 Å². The van der Waals surface area contributed by atoms with Gasteiger partial charge in [-0.25, -0.2) is 0 Å². The number of carbonyl (C=O) groups excluding carboxylic acids is 3. The number of nitrogens with zero attached hydrogens (tertiary/aromatic N) is 2. The van der Waals surface area contributed by atoms with E-state index in [0.29, 0.717) is 18.5 Å². The average molecular weight is 544 g/mol. The van der Waals surface area contributed by atoms with E-state index in [4.69, 9.17) is 9.47 Å². The summed E-state index contributed by atoms with van der Waals surface area (Å²) in [5.41, 5.74) is -0.438. The van der Waals surface area contributed by atoms with E-state index in [9.17, 15) is 19.5 Å². The molecule has 9 heteroatoms. The minimum atomic E-state index is -1.19. The van der Waals surface area contributed by atoms with Gasteiger partial charge in [-0.2, -0.15) is 0 Å². The Morgan fingerprint density at radius 3 is 2.38 bits per heavy atom. The Kier molecular flexibility index (Phi) is 8.34. The van der Waals surface area contributed by atoms with E-state index in [1.165, 1.54) is 4.90 Å². The van der Waals surface area contributed by atoms with E-state index in [1.807, 2.05) is 52.0 Å². The van der Waals surface area contributed by atoms with Crippen LogP contribution in [0.3, 0.4) is 0 Å². The van der Waals surface area contributed by atoms with Crippen LogP contribution in [0.4, 0.5) is 11.4 Å². The minimum absolute atomic E-state index is 0.0657. The smallest absolute Gasteiger partial charge is 0.312 e. The largest absolute Gasteiger partial charge is 0.466 e. The van der Waals surface area contributed by atoms with Gasteiger partial charge in [0.15, 0.2) is 0 Å². The van der Waals surface area contributed by atoms with E-state index in [0.717, 1.165) is 18.8 Å². The maximum absolute atomic E-state index is 14.3. The number of aliphatic hydroxyl groups excluding tert-OH is 1. The van der Waals surface area contributed by atoms with Gasteiger partial charge in [0.25, 0.3) is 0 Å². The maximum atomic E-state index is 14.3. The molecular weight excluding hydrogens is 498 g/mol. The highest BCUT2D eigenvalue weighted by Crippen LogP contribution is 2.65. The van der Waals surface area contributed by atoms with Crippen LogP contribution in [0.25, 0.3) is 0 Å². The van der Waals surface area contributed by atoms with Gasteiger partial charge in [0.05, 0.1) is 30.8 Å². The molecule has 8 atom stereocenters. The number of rotatable bonds is 11. The molecule has 3 unspecified atom stereocenters. The summed E-state index contributed by atoms with van der Waals surface area (Å²) in [6, 6.07) is 6.07. The first-order chi connectivity index (χ1) is 18.5. The molecule has 2 bridgehead atoms. The number of anilines is 2. The SMILES string of the molecule is CCOC(=O)[C@H]1[C@H]2C(=O)N([C@@H](CO)[C@@H](C)CC)C(C(=O)Nc3ccc(N(CC)CC)cc3)C23CC(C)[C@]1(C)O3. The predicted molar refractivity (Wildman–Crippen MR) is 149 cm³/mol. The molecule has 1 aromatic carbocycles. The number of carbonyl (C=O) groups is 3. The first-order valence-corrected chi connectivity index (χ1v) is 14.5. The Morgan fingerprint density at radius 2 is 1.85 bits per heavy atom. The van der Waals surface area contributed by atoms with Crippen molar-refractivity contribution in [1.29, 1.82) is 0 Å². The van der Waals surface area contributed by atoms with Crippen molar-refractivity contribution in [1.82, 2.24) is 4.90 Å². The van der Waals surface area contributed by atoms with Crippen LogP contribution in [-0.4, -0.2) is 77.4 Å². The zero-order chi connectivity index (χ0) is 28.7. The lowest BCUT2D eigenvalue weighted by atomic mass is 9.62. The average Bonchev–Trinajstić information content (AvgIpc) is 3.43. The second kappa shape index (κ2) is 11.1. The van der Waals surface area contributed by atoms with Gasteiger partial charge in [0.2, 0.25) is 11.8 Å². The van der Waals surface area contributed by atoms with Crippen molar-refractivity contribution in [3.05, 3.63) is 24.3 Å². The van der Waals surface area contributed by atoms with Gasteiger partial charge in [-0.1, -0.05) is 27.2 Å². The molecule has 9 nitrogen and oxygen atoms in total. The van der Waals surface area contributed by atoms with E-state index in [2.05, 4.69) is 24.1 Å². The summed E-state index contributed by atoms with van der Waals surface area (Å²) in [6.45, 7) is 15.4. The van der Waals surface area contributed by atoms with E-state index in [1.54, 1.807) is 6.92 Å². The van der Waals surface area contributed by atoms with Gasteiger partial charge in [0.1, 0.15) is 17.6 Å². The summed E-state index contributed by atoms with van der Waals surface area (Å²) < 4.78 is 12.1. The molecule has 3 saturated heterocycles. The number of fused-ring (bicyclic) bond motifs is 1. The van der Waals surface area contributed by atoms with Crippen LogP contribution < -0.4 is 10.2 Å². The molecule has 216 valence electrons. The molecule has 0 saturated carbocycles. The van der Waals surface area contributed by atoms with Crippen molar-refractivity contribution in [2.45, 2.75) is 84.6 Å². The molecule has 0 aliphatic carbocycles. The summed E-state index contributed by atoms with van der Waals surface area (Å²) in [6.07, 6.45) is 1.17. The van der Waals surface area contributed by atoms with E-state index >= 15 is 0 Å². The summed E-state index contributed by atoms with van der Waals surface area (Å²) in [7, 11) is 0. The number of ether oxygens (including phenoxy) is 2. The standard InChI is InChI=1S/C30H45N3O6/c1-8-18(5)22(17-34)33-25(26(35)31-20-12-14-21(15-13-20)32(9-2)10-3)30-16-19(6)29(7,39-30)24(23(30)27(33)36)28(37)38-11-4/h12-15,18-19,22-25,34H,8-11,16-17H2,1-7H3,(H,31,35)/t18-,19?,22-,23-,24+,25?,29-,30?/m0/s1. The number of amides is 2. The highest BCUT2D eigenvalue weighted by Gasteiger charge is 2.80. The maximum Gasteiger partial charge on any atom is 0.312 e. The van der Waals surface area contributed by atoms with Crippen molar-refractivity contribution >= 4 is 29.2 Å². The highest BCUT2D eigenvalue weighted by molar-refractivity contribution is 6.03. The van der Waals surface area contributed by atoms with Crippen molar-refractivity contribution in [3.8, 4) is 0 Å². The van der Waals surface area contributed by atoms with Gasteiger partial charge in [0, 0.05) is 24.5 Å². The quantitative estimate of drug-likeness (QED) is 0.412. The molecule has 3 fully saturated rings. The lowest BCUT2D eigenvalue weighted by Crippen LogP contribution is -2.57. The number of hydrogen-bond donors (Lipinski definition) is 2. The number of aliphatic hydroxyl groups is 1. The van der Waals surface area contributed by atoms with Crippen LogP contribution in [0.1, 0.15) is 61.3 Å². The Morgan fingerprint density at radius 1 is 1.21 bits per heavy atom. The molecule has 2 N–H and O–H groups in total. The van der Waals surface area contributed by atoms with Crippen LogP contribution in [0, 0.1) is 23.7 Å². The molecule has 3 aliphatic heterocycles. The molecule has 4 rings (SSSR count). The fourth-order valence-corrected chi connectivity index (χ4v) is 7.29. The predicted octanol–water partition coefficient (Wildman–Crippen LogP) is 3.45. The van der Waals surface area contributed by atoms with Crippen molar-refractivity contribution < 1.29 is 29.0 Å². The molecular formula is C30H45N3O6. The first-order valence-electron chi connectivity index (χ1n) is 14.5. The number of likely N-dealkylation sites (tertiary alicyclic amines) is 1. The zero-order valence-electron chi connectivity index (χ0n) is 24.4. The topological polar surface area (TPSA) is 108 Å². The molecule has 3 heterocycles. The van der Waals surface area contributed by atoms with Crippen LogP contribution in [0.5, 0.6) is 0 Å². The third-order valence-corrected chi connectivity index (χ3v) is 9.65. The normalized spacial score (nSPS) is 32.6. The van der Waals surface area contributed by atoms with E-state index < -0.39 is 41.1 Å². The van der Waals surface area contributed by atoms with Gasteiger partial charge in [-0.3, -0.25) is 14.4 Å². The fourth-order valence-electron chi connectivity index (χ4n) is 7.29. The fraction of sp³-hybridized carbons (Fsp3) is 0.700. The number of nitrogens with one attached hydrogen (secondary N) is 1. The van der Waals surface area contributed by atoms with Gasteiger partial charge < -0.3 is 29.7 Å². The molecule has 0 aromatic heterocycles. The monoisotopic (exact) mass is 543 g/mol. The summed E-state index contributed by atoms with van der Waals surface area (Å²) >= 11 is 0. The lowest BCUT2D eigenvalue weighted by Gasteiger charge is -2.39. The van der Waals surface area contributed by atoms with E-state index in [-0.39, 0.29) is 36.9 Å². The number of benzene rings is 1. The number of esters is 1. The van der Waals surface area contributed by atoms with Crippen molar-refractivity contribution in [2.24, 2.45) is 23.7 Å². The summed E-state index contributed by atoms with van der Waals surface area (Å²) in [5.74, 6) is -2.97. The molecule has 3 aliphatic rings. The molecule has 2 amide bonds. The Labute approximate surface area is 232 Å². The molecule has 0 radical (unpaired) electrons. The minimum Gasteiger partial charge on any atom is -0.466 e. The molecule has 39 heavy (non-hydrogen) atoms. The van der Waals surface area contributed by atoms with Gasteiger partial charge in [-0.15, -0.1) is 0 Å². The van der Waals surface area contributed by atoms with Crippen molar-refractivity contribution in [3.63, 3.8) is 0 Å². The van der Waals surface area contributed by atoms with Crippen LogP contribution in [0.2, 0.25) is 0 Å². The van der Waals surface area contributed by atoms with Gasteiger partial charge >= 0.3 is 5.97 Å².